The summed E-state index contributed by atoms with van der Waals surface area (Å²) in [5.41, 5.74) is 10.1. The average molecular weight is 247 g/mol. The van der Waals surface area contributed by atoms with Crippen molar-refractivity contribution in [3.05, 3.63) is 39.8 Å². The molecule has 2 rings (SSSR count). The van der Waals surface area contributed by atoms with Crippen molar-refractivity contribution < 1.29 is 0 Å². The van der Waals surface area contributed by atoms with Crippen LogP contribution in [0.2, 0.25) is 0 Å². The van der Waals surface area contributed by atoms with Crippen molar-refractivity contribution >= 4 is 22.7 Å². The predicted octanol–water partition coefficient (Wildman–Crippen LogP) is 2.98. The summed E-state index contributed by atoms with van der Waals surface area (Å²) in [6.07, 6.45) is 0. The topological polar surface area (TPSA) is 42.2 Å². The minimum absolute atomic E-state index is 0.809. The summed E-state index contributed by atoms with van der Waals surface area (Å²) in [6.45, 7) is 4.94. The standard InChI is InChI=1S/C13H17N3S/c1-9-6-11(14)4-5-13(9)16(3)7-12-8-17-10(2)15-12/h4-6,8H,7,14H2,1-3H3. The summed E-state index contributed by atoms with van der Waals surface area (Å²) in [6, 6.07) is 5.99. The van der Waals surface area contributed by atoms with E-state index in [1.165, 1.54) is 11.3 Å². The maximum Gasteiger partial charge on any atom is 0.0898 e. The SMILES string of the molecule is Cc1nc(CN(C)c2ccc(N)cc2C)cs1. The van der Waals surface area contributed by atoms with Crippen LogP contribution in [0.1, 0.15) is 16.3 Å². The first-order valence-corrected chi connectivity index (χ1v) is 6.42. The number of hydrogen-bond donors (Lipinski definition) is 1. The maximum atomic E-state index is 5.75. The smallest absolute Gasteiger partial charge is 0.0898 e. The number of rotatable bonds is 3. The van der Waals surface area contributed by atoms with Gasteiger partial charge in [-0.15, -0.1) is 11.3 Å². The van der Waals surface area contributed by atoms with Gasteiger partial charge in [-0.2, -0.15) is 0 Å². The molecule has 0 bridgehead atoms. The van der Waals surface area contributed by atoms with Gasteiger partial charge in [0.05, 0.1) is 17.2 Å². The van der Waals surface area contributed by atoms with E-state index in [4.69, 9.17) is 5.73 Å². The highest BCUT2D eigenvalue weighted by atomic mass is 32.1. The van der Waals surface area contributed by atoms with Gasteiger partial charge in [-0.1, -0.05) is 0 Å². The number of nitrogen functional groups attached to an aromatic ring is 1. The lowest BCUT2D eigenvalue weighted by molar-refractivity contribution is 0.886. The Labute approximate surface area is 106 Å². The Kier molecular flexibility index (Phi) is 3.33. The molecular formula is C13H17N3S. The lowest BCUT2D eigenvalue weighted by Gasteiger charge is -2.20. The second kappa shape index (κ2) is 4.75. The van der Waals surface area contributed by atoms with Gasteiger partial charge in [-0.05, 0) is 37.6 Å². The molecule has 0 aliphatic carbocycles. The molecule has 0 atom stereocenters. The van der Waals surface area contributed by atoms with Crippen LogP contribution in [0.5, 0.6) is 0 Å². The van der Waals surface area contributed by atoms with Crippen LogP contribution in [0, 0.1) is 13.8 Å². The van der Waals surface area contributed by atoms with E-state index in [0.717, 1.165) is 22.9 Å². The van der Waals surface area contributed by atoms with E-state index >= 15 is 0 Å². The molecule has 1 heterocycles. The number of nitrogens with zero attached hydrogens (tertiary/aromatic N) is 2. The van der Waals surface area contributed by atoms with Crippen LogP contribution in [-0.2, 0) is 6.54 Å². The van der Waals surface area contributed by atoms with Crippen LogP contribution in [0.4, 0.5) is 11.4 Å². The Morgan fingerprint density at radius 3 is 2.71 bits per heavy atom. The van der Waals surface area contributed by atoms with Gasteiger partial charge in [0.15, 0.2) is 0 Å². The lowest BCUT2D eigenvalue weighted by Crippen LogP contribution is -2.17. The van der Waals surface area contributed by atoms with Gasteiger partial charge in [0, 0.05) is 23.8 Å². The number of nitrogens with two attached hydrogens (primary N) is 1. The summed E-state index contributed by atoms with van der Waals surface area (Å²) in [7, 11) is 2.08. The Morgan fingerprint density at radius 2 is 2.12 bits per heavy atom. The van der Waals surface area contributed by atoms with Gasteiger partial charge in [0.2, 0.25) is 0 Å². The van der Waals surface area contributed by atoms with Gasteiger partial charge in [0.25, 0.3) is 0 Å². The van der Waals surface area contributed by atoms with Gasteiger partial charge < -0.3 is 10.6 Å². The molecule has 90 valence electrons. The number of aromatic nitrogens is 1. The highest BCUT2D eigenvalue weighted by Gasteiger charge is 2.07. The van der Waals surface area contributed by atoms with E-state index in [2.05, 4.69) is 35.3 Å². The Bertz CT molecular complexity index is 519. The quantitative estimate of drug-likeness (QED) is 0.848. The van der Waals surface area contributed by atoms with E-state index in [0.29, 0.717) is 0 Å². The third kappa shape index (κ3) is 2.77. The predicted molar refractivity (Wildman–Crippen MR) is 74.5 cm³/mol. The third-order valence-electron chi connectivity index (χ3n) is 2.70. The zero-order valence-corrected chi connectivity index (χ0v) is 11.2. The van der Waals surface area contributed by atoms with Crippen LogP contribution < -0.4 is 10.6 Å². The van der Waals surface area contributed by atoms with Gasteiger partial charge >= 0.3 is 0 Å². The molecule has 17 heavy (non-hydrogen) atoms. The molecule has 3 nitrogen and oxygen atoms in total. The van der Waals surface area contributed by atoms with Gasteiger partial charge in [0.1, 0.15) is 0 Å². The average Bonchev–Trinajstić information content (AvgIpc) is 2.63. The molecule has 0 spiro atoms. The number of aryl methyl sites for hydroxylation is 2. The highest BCUT2D eigenvalue weighted by Crippen LogP contribution is 2.23. The van der Waals surface area contributed by atoms with Crippen molar-refractivity contribution in [1.29, 1.82) is 0 Å². The number of hydrogen-bond acceptors (Lipinski definition) is 4. The normalized spacial score (nSPS) is 10.5. The molecule has 0 unspecified atom stereocenters. The van der Waals surface area contributed by atoms with E-state index in [1.54, 1.807) is 11.3 Å². The number of anilines is 2. The zero-order chi connectivity index (χ0) is 12.4. The molecule has 0 aliphatic heterocycles. The second-order valence-electron chi connectivity index (χ2n) is 4.26. The van der Waals surface area contributed by atoms with Crippen LogP contribution in [0.3, 0.4) is 0 Å². The molecule has 0 radical (unpaired) electrons. The fourth-order valence-electron chi connectivity index (χ4n) is 1.92. The van der Waals surface area contributed by atoms with Crippen molar-refractivity contribution in [2.45, 2.75) is 20.4 Å². The van der Waals surface area contributed by atoms with Crippen molar-refractivity contribution in [1.82, 2.24) is 4.98 Å². The fraction of sp³-hybridized carbons (Fsp3) is 0.308. The van der Waals surface area contributed by atoms with Crippen LogP contribution in [0.15, 0.2) is 23.6 Å². The minimum Gasteiger partial charge on any atom is -0.399 e. The molecule has 1 aromatic heterocycles. The molecule has 0 fully saturated rings. The molecule has 0 saturated heterocycles. The first kappa shape index (κ1) is 11.9. The molecule has 0 saturated carbocycles. The Hall–Kier alpha value is -1.55. The number of thiazole rings is 1. The van der Waals surface area contributed by atoms with E-state index < -0.39 is 0 Å². The number of benzene rings is 1. The first-order valence-electron chi connectivity index (χ1n) is 5.54. The third-order valence-corrected chi connectivity index (χ3v) is 3.52. The highest BCUT2D eigenvalue weighted by molar-refractivity contribution is 7.09. The van der Waals surface area contributed by atoms with Crippen molar-refractivity contribution in [2.24, 2.45) is 0 Å². The summed E-state index contributed by atoms with van der Waals surface area (Å²) in [5, 5.41) is 3.22. The van der Waals surface area contributed by atoms with E-state index in [-0.39, 0.29) is 0 Å². The largest absolute Gasteiger partial charge is 0.399 e. The van der Waals surface area contributed by atoms with Gasteiger partial charge in [-0.3, -0.25) is 0 Å². The van der Waals surface area contributed by atoms with Crippen molar-refractivity contribution in [2.75, 3.05) is 17.7 Å². The summed E-state index contributed by atoms with van der Waals surface area (Å²) in [4.78, 5) is 6.67. The molecule has 2 N–H and O–H groups in total. The summed E-state index contributed by atoms with van der Waals surface area (Å²) >= 11 is 1.69. The molecule has 2 aromatic rings. The monoisotopic (exact) mass is 247 g/mol. The molecule has 1 aromatic carbocycles. The first-order chi connectivity index (χ1) is 8.06. The van der Waals surface area contributed by atoms with E-state index in [9.17, 15) is 0 Å². The molecule has 0 aliphatic rings. The lowest BCUT2D eigenvalue weighted by atomic mass is 10.1. The fourth-order valence-corrected chi connectivity index (χ4v) is 2.52. The minimum atomic E-state index is 0.809. The molecular weight excluding hydrogens is 230 g/mol. The maximum absolute atomic E-state index is 5.75. The van der Waals surface area contributed by atoms with Crippen LogP contribution in [-0.4, -0.2) is 12.0 Å². The van der Waals surface area contributed by atoms with E-state index in [1.807, 2.05) is 19.1 Å². The molecule has 0 amide bonds. The second-order valence-corrected chi connectivity index (χ2v) is 5.32. The molecule has 4 heteroatoms. The Morgan fingerprint density at radius 1 is 1.35 bits per heavy atom. The summed E-state index contributed by atoms with van der Waals surface area (Å²) < 4.78 is 0. The van der Waals surface area contributed by atoms with Gasteiger partial charge in [-0.25, -0.2) is 4.98 Å². The van der Waals surface area contributed by atoms with Crippen molar-refractivity contribution in [3.8, 4) is 0 Å². The summed E-state index contributed by atoms with van der Waals surface area (Å²) in [5.74, 6) is 0. The van der Waals surface area contributed by atoms with Crippen LogP contribution in [0.25, 0.3) is 0 Å². The Balaban J connectivity index is 2.17. The van der Waals surface area contributed by atoms with Crippen molar-refractivity contribution in [3.63, 3.8) is 0 Å². The zero-order valence-electron chi connectivity index (χ0n) is 10.4. The van der Waals surface area contributed by atoms with Crippen LogP contribution >= 0.6 is 11.3 Å².